The molecule has 0 radical (unpaired) electrons. The molecule has 0 atom stereocenters. The zero-order valence-corrected chi connectivity index (χ0v) is 23.5. The van der Waals surface area contributed by atoms with Crippen LogP contribution in [0.25, 0.3) is 33.1 Å². The number of fused-ring (bicyclic) bond motifs is 5. The molecule has 1 heterocycles. The molecule has 0 amide bonds. The largest absolute Gasteiger partial charge is 0.310 e. The zero-order chi connectivity index (χ0) is 27.6. The standard InChI is InChI=1S/C39H32N2/c1-39(2)35-19-11-9-17-31(35)33-25-29(21-23-36(33)39)40(27-13-5-3-6-14-27)30-22-24-38-34(26-30)32-18-10-12-20-37(32)41(38)28-15-7-4-8-16-28/h3-10,12-18,20-26H,11,19H2,1-2H3. The third kappa shape index (κ3) is 3.64. The van der Waals surface area contributed by atoms with E-state index >= 15 is 0 Å². The van der Waals surface area contributed by atoms with Gasteiger partial charge in [-0.3, -0.25) is 0 Å². The van der Waals surface area contributed by atoms with Crippen LogP contribution in [0, 0.1) is 0 Å². The highest BCUT2D eigenvalue weighted by atomic mass is 15.1. The summed E-state index contributed by atoms with van der Waals surface area (Å²) in [5.74, 6) is 0. The molecular formula is C39H32N2. The fraction of sp³-hybridized carbons (Fsp3) is 0.128. The van der Waals surface area contributed by atoms with E-state index in [1.807, 2.05) is 0 Å². The number of anilines is 3. The number of aromatic nitrogens is 1. The smallest absolute Gasteiger partial charge is 0.0542 e. The summed E-state index contributed by atoms with van der Waals surface area (Å²) in [6.45, 7) is 4.77. The third-order valence-electron chi connectivity index (χ3n) is 9.09. The second kappa shape index (κ2) is 9.11. The summed E-state index contributed by atoms with van der Waals surface area (Å²) >= 11 is 0. The molecule has 2 heteroatoms. The van der Waals surface area contributed by atoms with E-state index in [-0.39, 0.29) is 5.41 Å². The number of rotatable bonds is 4. The number of allylic oxidation sites excluding steroid dienone is 4. The molecule has 198 valence electrons. The van der Waals surface area contributed by atoms with Gasteiger partial charge in [-0.2, -0.15) is 0 Å². The molecule has 2 nitrogen and oxygen atoms in total. The van der Waals surface area contributed by atoms with E-state index in [9.17, 15) is 0 Å². The molecule has 1 aromatic heterocycles. The topological polar surface area (TPSA) is 8.17 Å². The van der Waals surface area contributed by atoms with Gasteiger partial charge in [-0.1, -0.05) is 92.2 Å². The lowest BCUT2D eigenvalue weighted by atomic mass is 9.78. The van der Waals surface area contributed by atoms with Gasteiger partial charge >= 0.3 is 0 Å². The maximum atomic E-state index is 2.42. The highest BCUT2D eigenvalue weighted by Crippen LogP contribution is 2.51. The van der Waals surface area contributed by atoms with E-state index in [0.717, 1.165) is 24.2 Å². The molecule has 0 saturated heterocycles. The number of benzene rings is 5. The van der Waals surface area contributed by atoms with E-state index < -0.39 is 0 Å². The Morgan fingerprint density at radius 1 is 0.634 bits per heavy atom. The molecule has 8 rings (SSSR count). The van der Waals surface area contributed by atoms with Gasteiger partial charge < -0.3 is 9.47 Å². The van der Waals surface area contributed by atoms with Crippen LogP contribution in [0.3, 0.4) is 0 Å². The van der Waals surface area contributed by atoms with E-state index in [1.165, 1.54) is 49.9 Å². The van der Waals surface area contributed by atoms with Gasteiger partial charge in [0.25, 0.3) is 0 Å². The molecule has 5 aromatic carbocycles. The van der Waals surface area contributed by atoms with E-state index in [2.05, 4.69) is 157 Å². The Morgan fingerprint density at radius 3 is 2.15 bits per heavy atom. The second-order valence-corrected chi connectivity index (χ2v) is 11.7. The summed E-state index contributed by atoms with van der Waals surface area (Å²) in [5.41, 5.74) is 13.0. The number of hydrogen-bond acceptors (Lipinski definition) is 1. The SMILES string of the molecule is CC1(C)C2=C(C=CCC2)c2cc(N(c3ccccc3)c3ccc4c(c3)c3ccccc3n4-c3ccccc3)ccc21. The number of nitrogens with zero attached hydrogens (tertiary/aromatic N) is 2. The van der Waals surface area contributed by atoms with Crippen LogP contribution >= 0.6 is 0 Å². The van der Waals surface area contributed by atoms with Gasteiger partial charge in [-0.25, -0.2) is 0 Å². The fourth-order valence-corrected chi connectivity index (χ4v) is 7.15. The minimum absolute atomic E-state index is 0.0731. The molecule has 0 saturated carbocycles. The van der Waals surface area contributed by atoms with Gasteiger partial charge in [0.15, 0.2) is 0 Å². The Kier molecular flexibility index (Phi) is 5.33. The molecule has 0 bridgehead atoms. The lowest BCUT2D eigenvalue weighted by Gasteiger charge is -2.28. The van der Waals surface area contributed by atoms with E-state index in [1.54, 1.807) is 5.57 Å². The van der Waals surface area contributed by atoms with Gasteiger partial charge in [0.1, 0.15) is 0 Å². The van der Waals surface area contributed by atoms with Crippen molar-refractivity contribution >= 4 is 44.4 Å². The van der Waals surface area contributed by atoms with Gasteiger partial charge in [0.05, 0.1) is 11.0 Å². The number of hydrogen-bond donors (Lipinski definition) is 0. The summed E-state index contributed by atoms with van der Waals surface area (Å²) in [7, 11) is 0. The van der Waals surface area contributed by atoms with Crippen LogP contribution in [0.1, 0.15) is 37.8 Å². The molecular weight excluding hydrogens is 496 g/mol. The normalized spacial score (nSPS) is 15.4. The second-order valence-electron chi connectivity index (χ2n) is 11.7. The molecule has 0 unspecified atom stereocenters. The summed E-state index contributed by atoms with van der Waals surface area (Å²) in [5, 5.41) is 2.52. The predicted octanol–water partition coefficient (Wildman–Crippen LogP) is 10.6. The van der Waals surface area contributed by atoms with Crippen molar-refractivity contribution in [2.45, 2.75) is 32.1 Å². The van der Waals surface area contributed by atoms with Gasteiger partial charge in [-0.05, 0) is 90.2 Å². The molecule has 0 aliphatic heterocycles. The van der Waals surface area contributed by atoms with Crippen molar-refractivity contribution in [2.75, 3.05) is 4.90 Å². The summed E-state index contributed by atoms with van der Waals surface area (Å²) in [6, 6.07) is 44.2. The molecule has 0 fully saturated rings. The molecule has 6 aromatic rings. The van der Waals surface area contributed by atoms with E-state index in [0.29, 0.717) is 0 Å². The first-order chi connectivity index (χ1) is 20.1. The van der Waals surface area contributed by atoms with Gasteiger partial charge in [0, 0.05) is 38.9 Å². The fourth-order valence-electron chi connectivity index (χ4n) is 7.15. The average molecular weight is 529 g/mol. The quantitative estimate of drug-likeness (QED) is 0.221. The Hall–Kier alpha value is -4.82. The highest BCUT2D eigenvalue weighted by Gasteiger charge is 2.37. The Bertz CT molecular complexity index is 2010. The first kappa shape index (κ1) is 24.0. The Morgan fingerprint density at radius 2 is 1.32 bits per heavy atom. The molecule has 0 N–H and O–H groups in total. The van der Waals surface area contributed by atoms with Gasteiger partial charge in [0.2, 0.25) is 0 Å². The zero-order valence-electron chi connectivity index (χ0n) is 23.5. The van der Waals surface area contributed by atoms with Crippen molar-refractivity contribution < 1.29 is 0 Å². The van der Waals surface area contributed by atoms with Crippen molar-refractivity contribution in [3.63, 3.8) is 0 Å². The lowest BCUT2D eigenvalue weighted by Crippen LogP contribution is -2.18. The van der Waals surface area contributed by atoms with Crippen LogP contribution in [0.5, 0.6) is 0 Å². The summed E-state index contributed by atoms with van der Waals surface area (Å²) in [4.78, 5) is 2.41. The van der Waals surface area contributed by atoms with Crippen LogP contribution in [0.15, 0.2) is 139 Å². The van der Waals surface area contributed by atoms with Crippen LogP contribution < -0.4 is 4.90 Å². The average Bonchev–Trinajstić information content (AvgIpc) is 3.47. The van der Waals surface area contributed by atoms with E-state index in [4.69, 9.17) is 0 Å². The lowest BCUT2D eigenvalue weighted by molar-refractivity contribution is 0.607. The van der Waals surface area contributed by atoms with Crippen molar-refractivity contribution in [2.24, 2.45) is 0 Å². The number of para-hydroxylation sites is 3. The van der Waals surface area contributed by atoms with Crippen LogP contribution in [0.2, 0.25) is 0 Å². The van der Waals surface area contributed by atoms with Crippen LogP contribution in [-0.2, 0) is 5.41 Å². The first-order valence-corrected chi connectivity index (χ1v) is 14.6. The predicted molar refractivity (Wildman–Crippen MR) is 174 cm³/mol. The molecule has 2 aliphatic carbocycles. The van der Waals surface area contributed by atoms with Crippen molar-refractivity contribution in [1.29, 1.82) is 0 Å². The molecule has 2 aliphatic rings. The van der Waals surface area contributed by atoms with Crippen LogP contribution in [-0.4, -0.2) is 4.57 Å². The van der Waals surface area contributed by atoms with Crippen molar-refractivity contribution in [3.8, 4) is 5.69 Å². The van der Waals surface area contributed by atoms with Crippen molar-refractivity contribution in [1.82, 2.24) is 4.57 Å². The minimum atomic E-state index is 0.0731. The minimum Gasteiger partial charge on any atom is -0.310 e. The van der Waals surface area contributed by atoms with Crippen LogP contribution in [0.4, 0.5) is 17.1 Å². The summed E-state index contributed by atoms with van der Waals surface area (Å²) < 4.78 is 2.38. The van der Waals surface area contributed by atoms with Gasteiger partial charge in [-0.15, -0.1) is 0 Å². The first-order valence-electron chi connectivity index (χ1n) is 14.6. The molecule has 41 heavy (non-hydrogen) atoms. The third-order valence-corrected chi connectivity index (χ3v) is 9.09. The maximum absolute atomic E-state index is 2.42. The maximum Gasteiger partial charge on any atom is 0.0542 e. The highest BCUT2D eigenvalue weighted by molar-refractivity contribution is 6.10. The van der Waals surface area contributed by atoms with Crippen molar-refractivity contribution in [3.05, 3.63) is 150 Å². The Balaban J connectivity index is 1.35. The molecule has 0 spiro atoms. The summed E-state index contributed by atoms with van der Waals surface area (Å²) in [6.07, 6.45) is 6.97. The Labute approximate surface area is 241 Å². The monoisotopic (exact) mass is 528 g/mol.